The Hall–Kier alpha value is -1.36. The Morgan fingerprint density at radius 1 is 1.59 bits per heavy atom. The summed E-state index contributed by atoms with van der Waals surface area (Å²) in [5.74, 6) is 0.968. The Balaban J connectivity index is 1.81. The van der Waals surface area contributed by atoms with Gasteiger partial charge in [0.2, 0.25) is 5.76 Å². The predicted octanol–water partition coefficient (Wildman–Crippen LogP) is 0.807. The number of nitrogens with zero attached hydrogens (tertiary/aromatic N) is 2. The van der Waals surface area contributed by atoms with Crippen molar-refractivity contribution < 1.29 is 9.32 Å². The quantitative estimate of drug-likeness (QED) is 0.782. The van der Waals surface area contributed by atoms with Crippen LogP contribution in [0, 0.1) is 12.8 Å². The van der Waals surface area contributed by atoms with Gasteiger partial charge in [0, 0.05) is 31.7 Å². The fourth-order valence-electron chi connectivity index (χ4n) is 2.93. The van der Waals surface area contributed by atoms with E-state index < -0.39 is 0 Å². The van der Waals surface area contributed by atoms with E-state index in [-0.39, 0.29) is 5.91 Å². The van der Waals surface area contributed by atoms with Crippen LogP contribution in [0.4, 0.5) is 0 Å². The first kappa shape index (κ1) is 10.8. The third-order valence-electron chi connectivity index (χ3n) is 3.78. The summed E-state index contributed by atoms with van der Waals surface area (Å²) in [7, 11) is 0. The molecule has 5 nitrogen and oxygen atoms in total. The van der Waals surface area contributed by atoms with E-state index in [0.29, 0.717) is 17.7 Å². The monoisotopic (exact) mass is 235 g/mol. The number of piperidine rings is 1. The number of aryl methyl sites for hydroxylation is 1. The zero-order chi connectivity index (χ0) is 11.8. The van der Waals surface area contributed by atoms with Gasteiger partial charge in [-0.15, -0.1) is 0 Å². The molecule has 2 aliphatic heterocycles. The third-order valence-corrected chi connectivity index (χ3v) is 3.78. The minimum absolute atomic E-state index is 0.0102. The Morgan fingerprint density at radius 2 is 2.47 bits per heavy atom. The smallest absolute Gasteiger partial charge is 0.292 e. The first-order valence-electron chi connectivity index (χ1n) is 6.20. The molecule has 17 heavy (non-hydrogen) atoms. The summed E-state index contributed by atoms with van der Waals surface area (Å²) in [5.41, 5.74) is 0.756. The molecule has 5 heteroatoms. The standard InChI is InChI=1S/C12H17N3O2/c1-8-5-11(17-14-8)12(16)15-4-2-3-9-6-13-7-10(9)15/h5,9-10,13H,2-4,6-7H2,1H3. The van der Waals surface area contributed by atoms with Gasteiger partial charge in [-0.3, -0.25) is 4.79 Å². The fraction of sp³-hybridized carbons (Fsp3) is 0.667. The summed E-state index contributed by atoms with van der Waals surface area (Å²) in [6.07, 6.45) is 2.30. The van der Waals surface area contributed by atoms with Gasteiger partial charge in [0.25, 0.3) is 5.91 Å². The van der Waals surface area contributed by atoms with Crippen LogP contribution in [0.3, 0.4) is 0 Å². The maximum absolute atomic E-state index is 12.3. The first-order chi connectivity index (χ1) is 8.25. The lowest BCUT2D eigenvalue weighted by Crippen LogP contribution is -2.48. The highest BCUT2D eigenvalue weighted by molar-refractivity contribution is 5.91. The molecule has 1 aromatic rings. The zero-order valence-electron chi connectivity index (χ0n) is 9.98. The molecule has 0 aliphatic carbocycles. The van der Waals surface area contributed by atoms with Gasteiger partial charge in [0.1, 0.15) is 0 Å². The van der Waals surface area contributed by atoms with Gasteiger partial charge in [0.15, 0.2) is 0 Å². The summed E-state index contributed by atoms with van der Waals surface area (Å²) >= 11 is 0. The van der Waals surface area contributed by atoms with Crippen LogP contribution < -0.4 is 5.32 Å². The van der Waals surface area contributed by atoms with Gasteiger partial charge in [0.05, 0.1) is 5.69 Å². The molecule has 3 rings (SSSR count). The molecule has 0 bridgehead atoms. The molecule has 1 amide bonds. The molecule has 3 heterocycles. The highest BCUT2D eigenvalue weighted by Crippen LogP contribution is 2.27. The lowest BCUT2D eigenvalue weighted by atomic mass is 9.92. The minimum Gasteiger partial charge on any atom is -0.351 e. The molecule has 0 spiro atoms. The van der Waals surface area contributed by atoms with Crippen LogP contribution in [0.5, 0.6) is 0 Å². The van der Waals surface area contributed by atoms with Crippen LogP contribution in [0.2, 0.25) is 0 Å². The van der Waals surface area contributed by atoms with Gasteiger partial charge in [-0.1, -0.05) is 5.16 Å². The maximum atomic E-state index is 12.3. The highest BCUT2D eigenvalue weighted by atomic mass is 16.5. The Labute approximate surface area is 100 Å². The number of carbonyl (C=O) groups is 1. The van der Waals surface area contributed by atoms with Gasteiger partial charge in [-0.2, -0.15) is 0 Å². The number of rotatable bonds is 1. The van der Waals surface area contributed by atoms with Gasteiger partial charge < -0.3 is 14.7 Å². The topological polar surface area (TPSA) is 58.4 Å². The number of nitrogens with one attached hydrogen (secondary N) is 1. The van der Waals surface area contributed by atoms with Crippen molar-refractivity contribution in [2.45, 2.75) is 25.8 Å². The molecule has 0 radical (unpaired) electrons. The van der Waals surface area contributed by atoms with Crippen LogP contribution in [0.25, 0.3) is 0 Å². The molecule has 2 aliphatic rings. The summed E-state index contributed by atoms with van der Waals surface area (Å²) in [6.45, 7) is 4.60. The fourth-order valence-corrected chi connectivity index (χ4v) is 2.93. The second kappa shape index (κ2) is 4.14. The van der Waals surface area contributed by atoms with Gasteiger partial charge >= 0.3 is 0 Å². The number of hydrogen-bond donors (Lipinski definition) is 1. The SMILES string of the molecule is Cc1cc(C(=O)N2CCCC3CNCC32)on1. The van der Waals surface area contributed by atoms with Crippen molar-refractivity contribution in [2.24, 2.45) is 5.92 Å². The molecule has 2 unspecified atom stereocenters. The normalized spacial score (nSPS) is 28.2. The molecule has 2 saturated heterocycles. The lowest BCUT2D eigenvalue weighted by Gasteiger charge is -2.36. The van der Waals surface area contributed by atoms with Crippen molar-refractivity contribution in [3.05, 3.63) is 17.5 Å². The second-order valence-electron chi connectivity index (χ2n) is 4.96. The molecule has 2 fully saturated rings. The van der Waals surface area contributed by atoms with E-state index in [1.165, 1.54) is 6.42 Å². The summed E-state index contributed by atoms with van der Waals surface area (Å²) in [5, 5.41) is 7.15. The zero-order valence-corrected chi connectivity index (χ0v) is 9.98. The van der Waals surface area contributed by atoms with Gasteiger partial charge in [-0.05, 0) is 25.7 Å². The molecule has 92 valence electrons. The number of carbonyl (C=O) groups excluding carboxylic acids is 1. The predicted molar refractivity (Wildman–Crippen MR) is 61.7 cm³/mol. The van der Waals surface area contributed by atoms with Crippen molar-refractivity contribution >= 4 is 5.91 Å². The van der Waals surface area contributed by atoms with E-state index >= 15 is 0 Å². The van der Waals surface area contributed by atoms with Crippen molar-refractivity contribution in [1.29, 1.82) is 0 Å². The van der Waals surface area contributed by atoms with E-state index in [2.05, 4.69) is 10.5 Å². The van der Waals surface area contributed by atoms with Crippen molar-refractivity contribution in [2.75, 3.05) is 19.6 Å². The number of aromatic nitrogens is 1. The summed E-state index contributed by atoms with van der Waals surface area (Å²) in [4.78, 5) is 14.3. The number of likely N-dealkylation sites (tertiary alicyclic amines) is 1. The maximum Gasteiger partial charge on any atom is 0.292 e. The van der Waals surface area contributed by atoms with E-state index in [0.717, 1.165) is 31.7 Å². The number of hydrogen-bond acceptors (Lipinski definition) is 4. The Kier molecular flexibility index (Phi) is 2.63. The van der Waals surface area contributed by atoms with E-state index in [1.54, 1.807) is 6.07 Å². The first-order valence-corrected chi connectivity index (χ1v) is 6.20. The van der Waals surface area contributed by atoms with Crippen LogP contribution in [-0.2, 0) is 0 Å². The number of amides is 1. The number of fused-ring (bicyclic) bond motifs is 1. The molecule has 1 aromatic heterocycles. The molecule has 1 N–H and O–H groups in total. The van der Waals surface area contributed by atoms with Crippen molar-refractivity contribution in [3.63, 3.8) is 0 Å². The molecule has 0 aromatic carbocycles. The van der Waals surface area contributed by atoms with Crippen LogP contribution in [0.1, 0.15) is 29.1 Å². The minimum atomic E-state index is -0.0102. The Morgan fingerprint density at radius 3 is 3.24 bits per heavy atom. The summed E-state index contributed by atoms with van der Waals surface area (Å²) < 4.78 is 5.07. The van der Waals surface area contributed by atoms with Crippen LogP contribution in [0.15, 0.2) is 10.6 Å². The average Bonchev–Trinajstić information content (AvgIpc) is 2.95. The van der Waals surface area contributed by atoms with Crippen molar-refractivity contribution in [1.82, 2.24) is 15.4 Å². The van der Waals surface area contributed by atoms with E-state index in [4.69, 9.17) is 4.52 Å². The molecular formula is C12H17N3O2. The van der Waals surface area contributed by atoms with Crippen molar-refractivity contribution in [3.8, 4) is 0 Å². The summed E-state index contributed by atoms with van der Waals surface area (Å²) in [6, 6.07) is 2.05. The van der Waals surface area contributed by atoms with Crippen LogP contribution in [-0.4, -0.2) is 41.6 Å². The largest absolute Gasteiger partial charge is 0.351 e. The molecule has 2 atom stereocenters. The lowest BCUT2D eigenvalue weighted by molar-refractivity contribution is 0.0533. The second-order valence-corrected chi connectivity index (χ2v) is 4.96. The van der Waals surface area contributed by atoms with E-state index in [1.807, 2.05) is 11.8 Å². The Bertz CT molecular complexity index is 429. The van der Waals surface area contributed by atoms with Crippen LogP contribution >= 0.6 is 0 Å². The molecular weight excluding hydrogens is 218 g/mol. The van der Waals surface area contributed by atoms with E-state index in [9.17, 15) is 4.79 Å². The average molecular weight is 235 g/mol. The third kappa shape index (κ3) is 1.84. The van der Waals surface area contributed by atoms with Gasteiger partial charge in [-0.25, -0.2) is 0 Å². The highest BCUT2D eigenvalue weighted by Gasteiger charge is 2.38. The molecule has 0 saturated carbocycles.